The molecule has 5 N–H and O–H groups in total. The van der Waals surface area contributed by atoms with Crippen molar-refractivity contribution >= 4 is 17.6 Å². The van der Waals surface area contributed by atoms with Crippen LogP contribution < -0.4 is 10.6 Å². The second kappa shape index (κ2) is 17.8. The lowest BCUT2D eigenvalue weighted by atomic mass is 10.0. The zero-order chi connectivity index (χ0) is 24.5. The number of ether oxygens (including phenoxy) is 3. The molecular weight excluding hydrogens is 436 g/mol. The highest BCUT2D eigenvalue weighted by atomic mass is 16.7. The Labute approximate surface area is 195 Å². The zero-order valence-corrected chi connectivity index (χ0v) is 19.5. The summed E-state index contributed by atoms with van der Waals surface area (Å²) in [6, 6.07) is 0. The number of aliphatic hydroxyl groups excluding tert-OH is 3. The number of unbranched alkanes of at least 4 members (excludes halogenated alkanes) is 3. The first-order valence-electron chi connectivity index (χ1n) is 11.7. The van der Waals surface area contributed by atoms with Crippen molar-refractivity contribution in [3.8, 4) is 0 Å². The Morgan fingerprint density at radius 3 is 2.39 bits per heavy atom. The van der Waals surface area contributed by atoms with Gasteiger partial charge in [0.15, 0.2) is 6.29 Å². The molecule has 1 aliphatic rings. The van der Waals surface area contributed by atoms with Gasteiger partial charge in [-0.2, -0.15) is 0 Å². The maximum atomic E-state index is 11.7. The maximum absolute atomic E-state index is 11.7. The molecular formula is C22H40N2O9. The zero-order valence-electron chi connectivity index (χ0n) is 19.5. The number of Topliss-reactive ketones (excluding diaryl/α,β-unsaturated/α-hetero) is 1. The van der Waals surface area contributed by atoms with Gasteiger partial charge in [0.25, 0.3) is 0 Å². The van der Waals surface area contributed by atoms with Crippen LogP contribution in [0.25, 0.3) is 0 Å². The molecule has 4 atom stereocenters. The third-order valence-electron chi connectivity index (χ3n) is 5.15. The van der Waals surface area contributed by atoms with Crippen LogP contribution in [0.2, 0.25) is 0 Å². The summed E-state index contributed by atoms with van der Waals surface area (Å²) >= 11 is 0. The number of ketones is 1. The minimum absolute atomic E-state index is 0.0726. The smallest absolute Gasteiger partial charge is 0.245 e. The first kappa shape index (κ1) is 29.4. The fourth-order valence-electron chi connectivity index (χ4n) is 3.25. The standard InChI is InChI=1S/C22H40N2O9/c1-16(26)7-3-4-8-19(28)24-10-12-31-15-20(29)23-9-5-2-6-11-32-21-13-17(27)22(30)18(14-25)33-21/h17-18,21-22,25,27,30H,2-15H2,1H3,(H,23,29)(H,24,28)/t17-,18-,21-,22-/m1/s1. The highest BCUT2D eigenvalue weighted by Gasteiger charge is 2.36. The summed E-state index contributed by atoms with van der Waals surface area (Å²) in [6.07, 6.45) is 1.12. The molecule has 1 heterocycles. The second-order valence-electron chi connectivity index (χ2n) is 8.17. The first-order valence-corrected chi connectivity index (χ1v) is 11.7. The van der Waals surface area contributed by atoms with Crippen LogP contribution in [0.1, 0.15) is 58.3 Å². The van der Waals surface area contributed by atoms with Crippen molar-refractivity contribution in [3.05, 3.63) is 0 Å². The third-order valence-corrected chi connectivity index (χ3v) is 5.15. The largest absolute Gasteiger partial charge is 0.394 e. The highest BCUT2D eigenvalue weighted by molar-refractivity contribution is 5.77. The van der Waals surface area contributed by atoms with E-state index in [-0.39, 0.29) is 43.8 Å². The summed E-state index contributed by atoms with van der Waals surface area (Å²) in [5, 5.41) is 34.0. The molecule has 0 aromatic carbocycles. The Hall–Kier alpha value is -1.63. The van der Waals surface area contributed by atoms with Gasteiger partial charge in [-0.05, 0) is 39.0 Å². The van der Waals surface area contributed by atoms with Gasteiger partial charge in [-0.1, -0.05) is 0 Å². The van der Waals surface area contributed by atoms with Crippen LogP contribution in [-0.2, 0) is 28.6 Å². The lowest BCUT2D eigenvalue weighted by molar-refractivity contribution is -0.256. The minimum Gasteiger partial charge on any atom is -0.394 e. The third kappa shape index (κ3) is 14.3. The molecule has 33 heavy (non-hydrogen) atoms. The Morgan fingerprint density at radius 2 is 1.67 bits per heavy atom. The van der Waals surface area contributed by atoms with Crippen LogP contribution in [0.15, 0.2) is 0 Å². The van der Waals surface area contributed by atoms with Crippen molar-refractivity contribution in [2.75, 3.05) is 39.5 Å². The predicted molar refractivity (Wildman–Crippen MR) is 118 cm³/mol. The molecule has 0 aromatic rings. The molecule has 0 saturated carbocycles. The highest BCUT2D eigenvalue weighted by Crippen LogP contribution is 2.21. The SMILES string of the molecule is CC(=O)CCCCC(=O)NCCOCC(=O)NCCCCCO[C@H]1C[C@@H](O)[C@@H](O)[C@@H](CO)O1. The molecule has 2 amide bonds. The van der Waals surface area contributed by atoms with E-state index in [0.29, 0.717) is 45.4 Å². The molecule has 11 heteroatoms. The van der Waals surface area contributed by atoms with Crippen molar-refractivity contribution < 1.29 is 43.9 Å². The average Bonchev–Trinajstić information content (AvgIpc) is 2.77. The van der Waals surface area contributed by atoms with Gasteiger partial charge in [0.2, 0.25) is 11.8 Å². The summed E-state index contributed by atoms with van der Waals surface area (Å²) in [7, 11) is 0. The van der Waals surface area contributed by atoms with Crippen LogP contribution in [0.4, 0.5) is 0 Å². The van der Waals surface area contributed by atoms with Crippen molar-refractivity contribution in [2.24, 2.45) is 0 Å². The molecule has 1 aliphatic heterocycles. The van der Waals surface area contributed by atoms with E-state index in [1.807, 2.05) is 0 Å². The predicted octanol–water partition coefficient (Wildman–Crippen LogP) is -0.599. The fourth-order valence-corrected chi connectivity index (χ4v) is 3.25. The Bertz CT molecular complexity index is 576. The number of carbonyl (C=O) groups is 3. The van der Waals surface area contributed by atoms with E-state index in [2.05, 4.69) is 10.6 Å². The molecule has 1 rings (SSSR count). The maximum Gasteiger partial charge on any atom is 0.245 e. The second-order valence-corrected chi connectivity index (χ2v) is 8.17. The molecule has 0 unspecified atom stereocenters. The van der Waals surface area contributed by atoms with E-state index in [9.17, 15) is 24.6 Å². The lowest BCUT2D eigenvalue weighted by Gasteiger charge is -2.36. The summed E-state index contributed by atoms with van der Waals surface area (Å²) in [6.45, 7) is 2.57. The van der Waals surface area contributed by atoms with E-state index < -0.39 is 24.6 Å². The van der Waals surface area contributed by atoms with E-state index in [1.54, 1.807) is 0 Å². The van der Waals surface area contributed by atoms with Crippen LogP contribution in [0.3, 0.4) is 0 Å². The summed E-state index contributed by atoms with van der Waals surface area (Å²) in [5.74, 6) is -0.185. The quantitative estimate of drug-likeness (QED) is 0.163. The molecule has 0 bridgehead atoms. The fraction of sp³-hybridized carbons (Fsp3) is 0.864. The number of aliphatic hydroxyl groups is 3. The van der Waals surface area contributed by atoms with Gasteiger partial charge in [-0.25, -0.2) is 0 Å². The number of amides is 2. The van der Waals surface area contributed by atoms with Crippen LogP contribution in [0.5, 0.6) is 0 Å². The van der Waals surface area contributed by atoms with E-state index in [0.717, 1.165) is 19.3 Å². The first-order chi connectivity index (χ1) is 15.8. The minimum atomic E-state index is -1.12. The molecule has 1 saturated heterocycles. The van der Waals surface area contributed by atoms with Crippen LogP contribution in [-0.4, -0.2) is 97.0 Å². The normalized spacial score (nSPS) is 22.7. The number of rotatable bonds is 18. The van der Waals surface area contributed by atoms with Crippen molar-refractivity contribution in [1.82, 2.24) is 10.6 Å². The summed E-state index contributed by atoms with van der Waals surface area (Å²) < 4.78 is 16.2. The van der Waals surface area contributed by atoms with Gasteiger partial charge in [-0.15, -0.1) is 0 Å². The van der Waals surface area contributed by atoms with Gasteiger partial charge in [0.05, 0.1) is 19.3 Å². The molecule has 0 aliphatic carbocycles. The van der Waals surface area contributed by atoms with Gasteiger partial charge in [0, 0.05) is 39.0 Å². The monoisotopic (exact) mass is 476 g/mol. The van der Waals surface area contributed by atoms with Gasteiger partial charge in [0.1, 0.15) is 24.6 Å². The average molecular weight is 477 g/mol. The lowest BCUT2D eigenvalue weighted by Crippen LogP contribution is -2.50. The topological polar surface area (TPSA) is 164 Å². The van der Waals surface area contributed by atoms with E-state index in [4.69, 9.17) is 19.3 Å². The Balaban J connectivity index is 1.91. The molecule has 0 aromatic heterocycles. The van der Waals surface area contributed by atoms with Crippen LogP contribution >= 0.6 is 0 Å². The summed E-state index contributed by atoms with van der Waals surface area (Å²) in [5.41, 5.74) is 0. The summed E-state index contributed by atoms with van der Waals surface area (Å²) in [4.78, 5) is 34.1. The number of hydrogen-bond acceptors (Lipinski definition) is 9. The van der Waals surface area contributed by atoms with Gasteiger partial charge >= 0.3 is 0 Å². The van der Waals surface area contributed by atoms with Crippen LogP contribution in [0, 0.1) is 0 Å². The number of nitrogens with one attached hydrogen (secondary N) is 2. The van der Waals surface area contributed by atoms with E-state index in [1.165, 1.54) is 6.92 Å². The molecule has 0 radical (unpaired) electrons. The number of carbonyl (C=O) groups excluding carboxylic acids is 3. The molecule has 1 fully saturated rings. The van der Waals surface area contributed by atoms with E-state index >= 15 is 0 Å². The molecule has 0 spiro atoms. The van der Waals surface area contributed by atoms with Crippen molar-refractivity contribution in [1.29, 1.82) is 0 Å². The Kier molecular flexibility index (Phi) is 15.9. The van der Waals surface area contributed by atoms with Gasteiger partial charge < -0.3 is 45.0 Å². The van der Waals surface area contributed by atoms with Crippen molar-refractivity contribution in [3.63, 3.8) is 0 Å². The molecule has 192 valence electrons. The van der Waals surface area contributed by atoms with Gasteiger partial charge in [-0.3, -0.25) is 9.59 Å². The molecule has 11 nitrogen and oxygen atoms in total. The number of hydrogen-bond donors (Lipinski definition) is 5. The Morgan fingerprint density at radius 1 is 0.939 bits per heavy atom. The van der Waals surface area contributed by atoms with Crippen molar-refractivity contribution in [2.45, 2.75) is 82.9 Å².